The SMILES string of the molecule is O=c1[nH]ncc(NC2CCCS(=O)(=O)C2)c1Cl. The fraction of sp³-hybridized carbons (Fsp3) is 0.556. The zero-order chi connectivity index (χ0) is 12.5. The van der Waals surface area contributed by atoms with E-state index in [-0.39, 0.29) is 22.6 Å². The van der Waals surface area contributed by atoms with Crippen LogP contribution in [0.5, 0.6) is 0 Å². The first-order valence-electron chi connectivity index (χ1n) is 5.18. The summed E-state index contributed by atoms with van der Waals surface area (Å²) in [5.74, 6) is 0.294. The molecule has 1 aromatic heterocycles. The number of nitrogens with zero attached hydrogens (tertiary/aromatic N) is 1. The van der Waals surface area contributed by atoms with E-state index in [9.17, 15) is 13.2 Å². The van der Waals surface area contributed by atoms with Crippen molar-refractivity contribution in [1.29, 1.82) is 0 Å². The number of aromatic nitrogens is 2. The average molecular weight is 278 g/mol. The Balaban J connectivity index is 2.16. The van der Waals surface area contributed by atoms with E-state index in [1.165, 1.54) is 6.20 Å². The van der Waals surface area contributed by atoms with Crippen LogP contribution in [0.25, 0.3) is 0 Å². The van der Waals surface area contributed by atoms with Crippen LogP contribution in [-0.4, -0.2) is 36.2 Å². The van der Waals surface area contributed by atoms with Crippen molar-refractivity contribution in [3.63, 3.8) is 0 Å². The first kappa shape index (κ1) is 12.4. The highest BCUT2D eigenvalue weighted by Crippen LogP contribution is 2.20. The maximum Gasteiger partial charge on any atom is 0.285 e. The molecular formula is C9H12ClN3O3S. The van der Waals surface area contributed by atoms with E-state index in [0.717, 1.165) is 6.42 Å². The lowest BCUT2D eigenvalue weighted by Gasteiger charge is -2.23. The van der Waals surface area contributed by atoms with Crippen LogP contribution < -0.4 is 10.9 Å². The molecule has 0 radical (unpaired) electrons. The Bertz CT molecular complexity index is 569. The maximum atomic E-state index is 11.4. The van der Waals surface area contributed by atoms with Gasteiger partial charge in [0.2, 0.25) is 0 Å². The van der Waals surface area contributed by atoms with Crippen molar-refractivity contribution in [3.8, 4) is 0 Å². The number of nitrogens with one attached hydrogen (secondary N) is 2. The molecule has 0 spiro atoms. The minimum atomic E-state index is -2.99. The van der Waals surface area contributed by atoms with Crippen molar-refractivity contribution in [2.24, 2.45) is 0 Å². The monoisotopic (exact) mass is 277 g/mol. The lowest BCUT2D eigenvalue weighted by Crippen LogP contribution is -2.35. The van der Waals surface area contributed by atoms with E-state index in [4.69, 9.17) is 11.6 Å². The summed E-state index contributed by atoms with van der Waals surface area (Å²) in [6, 6.07) is -0.213. The van der Waals surface area contributed by atoms with Crippen LogP contribution >= 0.6 is 11.6 Å². The van der Waals surface area contributed by atoms with Crippen molar-refractivity contribution in [1.82, 2.24) is 10.2 Å². The van der Waals surface area contributed by atoms with E-state index in [1.54, 1.807) is 0 Å². The van der Waals surface area contributed by atoms with Crippen molar-refractivity contribution < 1.29 is 8.42 Å². The first-order chi connectivity index (χ1) is 7.98. The highest BCUT2D eigenvalue weighted by atomic mass is 35.5. The maximum absolute atomic E-state index is 11.4. The quantitative estimate of drug-likeness (QED) is 0.817. The van der Waals surface area contributed by atoms with Crippen LogP contribution in [-0.2, 0) is 9.84 Å². The van der Waals surface area contributed by atoms with Crippen molar-refractivity contribution in [2.45, 2.75) is 18.9 Å². The normalized spacial score (nSPS) is 23.2. The number of rotatable bonds is 2. The van der Waals surface area contributed by atoms with Crippen LogP contribution in [0.3, 0.4) is 0 Å². The predicted molar refractivity (Wildman–Crippen MR) is 65.2 cm³/mol. The van der Waals surface area contributed by atoms with Gasteiger partial charge < -0.3 is 5.32 Å². The predicted octanol–water partition coefficient (Wildman–Crippen LogP) is 0.412. The van der Waals surface area contributed by atoms with E-state index < -0.39 is 15.4 Å². The molecule has 2 heterocycles. The smallest absolute Gasteiger partial charge is 0.285 e. The molecule has 1 aliphatic rings. The standard InChI is InChI=1S/C9H12ClN3O3S/c10-8-7(4-11-13-9(8)14)12-6-2-1-3-17(15,16)5-6/h4,6H,1-3,5H2,(H2,12,13,14). The van der Waals surface area contributed by atoms with E-state index in [0.29, 0.717) is 12.1 Å². The number of aromatic amines is 1. The average Bonchev–Trinajstić information content (AvgIpc) is 2.23. The molecule has 17 heavy (non-hydrogen) atoms. The van der Waals surface area contributed by atoms with Gasteiger partial charge in [-0.2, -0.15) is 5.10 Å². The lowest BCUT2D eigenvalue weighted by molar-refractivity contribution is 0.562. The number of hydrogen-bond donors (Lipinski definition) is 2. The Morgan fingerprint density at radius 1 is 1.53 bits per heavy atom. The van der Waals surface area contributed by atoms with Gasteiger partial charge in [0.1, 0.15) is 5.02 Å². The molecule has 1 aliphatic heterocycles. The lowest BCUT2D eigenvalue weighted by atomic mass is 10.2. The summed E-state index contributed by atoms with van der Waals surface area (Å²) in [4.78, 5) is 11.2. The molecule has 1 atom stereocenters. The minimum absolute atomic E-state index is 0.00275. The van der Waals surface area contributed by atoms with Gasteiger partial charge in [-0.15, -0.1) is 0 Å². The van der Waals surface area contributed by atoms with Gasteiger partial charge in [-0.05, 0) is 12.8 Å². The number of halogens is 1. The third-order valence-electron chi connectivity index (χ3n) is 2.62. The molecule has 0 bridgehead atoms. The summed E-state index contributed by atoms with van der Waals surface area (Å²) < 4.78 is 22.9. The molecule has 6 nitrogen and oxygen atoms in total. The van der Waals surface area contributed by atoms with Gasteiger partial charge in [0, 0.05) is 6.04 Å². The molecule has 94 valence electrons. The second-order valence-electron chi connectivity index (χ2n) is 4.02. The van der Waals surface area contributed by atoms with Crippen LogP contribution in [0.15, 0.2) is 11.0 Å². The summed E-state index contributed by atoms with van der Waals surface area (Å²) in [5, 5.41) is 8.77. The Kier molecular flexibility index (Phi) is 3.39. The van der Waals surface area contributed by atoms with Crippen LogP contribution in [0, 0.1) is 0 Å². The fourth-order valence-electron chi connectivity index (χ4n) is 1.84. The second kappa shape index (κ2) is 4.66. The van der Waals surface area contributed by atoms with Gasteiger partial charge in [-0.3, -0.25) is 4.79 Å². The second-order valence-corrected chi connectivity index (χ2v) is 6.63. The summed E-state index contributed by atoms with van der Waals surface area (Å²) in [6.07, 6.45) is 2.74. The minimum Gasteiger partial charge on any atom is -0.379 e. The molecule has 1 fully saturated rings. The molecule has 0 aromatic carbocycles. The molecular weight excluding hydrogens is 266 g/mol. The fourth-order valence-corrected chi connectivity index (χ4v) is 3.62. The summed E-state index contributed by atoms with van der Waals surface area (Å²) >= 11 is 5.79. The summed E-state index contributed by atoms with van der Waals surface area (Å²) in [5.41, 5.74) is -0.118. The molecule has 2 N–H and O–H groups in total. The third kappa shape index (κ3) is 2.98. The summed E-state index contributed by atoms with van der Waals surface area (Å²) in [6.45, 7) is 0. The first-order valence-corrected chi connectivity index (χ1v) is 7.38. The van der Waals surface area contributed by atoms with Gasteiger partial charge >= 0.3 is 0 Å². The van der Waals surface area contributed by atoms with Gasteiger partial charge in [-0.25, -0.2) is 13.5 Å². The Labute approximate surface area is 103 Å². The molecule has 0 aliphatic carbocycles. The molecule has 0 saturated carbocycles. The number of H-pyrrole nitrogens is 1. The number of hydrogen-bond acceptors (Lipinski definition) is 5. The molecule has 0 amide bonds. The Morgan fingerprint density at radius 2 is 2.29 bits per heavy atom. The van der Waals surface area contributed by atoms with Crippen LogP contribution in [0.4, 0.5) is 5.69 Å². The third-order valence-corrected chi connectivity index (χ3v) is 4.81. The van der Waals surface area contributed by atoms with Crippen molar-refractivity contribution in [2.75, 3.05) is 16.8 Å². The molecule has 8 heteroatoms. The largest absolute Gasteiger partial charge is 0.379 e. The molecule has 2 rings (SSSR count). The molecule has 1 unspecified atom stereocenters. The van der Waals surface area contributed by atoms with Crippen molar-refractivity contribution in [3.05, 3.63) is 21.6 Å². The van der Waals surface area contributed by atoms with E-state index in [2.05, 4.69) is 15.5 Å². The molecule has 1 saturated heterocycles. The van der Waals surface area contributed by atoms with Gasteiger partial charge in [0.25, 0.3) is 5.56 Å². The van der Waals surface area contributed by atoms with Crippen LogP contribution in [0.1, 0.15) is 12.8 Å². The highest BCUT2D eigenvalue weighted by molar-refractivity contribution is 7.91. The Hall–Kier alpha value is -1.08. The van der Waals surface area contributed by atoms with Crippen LogP contribution in [0.2, 0.25) is 5.02 Å². The van der Waals surface area contributed by atoms with E-state index in [1.807, 2.05) is 0 Å². The van der Waals surface area contributed by atoms with Gasteiger partial charge in [0.05, 0.1) is 23.4 Å². The highest BCUT2D eigenvalue weighted by Gasteiger charge is 2.25. The van der Waals surface area contributed by atoms with E-state index >= 15 is 0 Å². The topological polar surface area (TPSA) is 91.9 Å². The zero-order valence-corrected chi connectivity index (χ0v) is 10.5. The zero-order valence-electron chi connectivity index (χ0n) is 8.94. The number of anilines is 1. The van der Waals surface area contributed by atoms with Crippen molar-refractivity contribution >= 4 is 27.1 Å². The number of sulfone groups is 1. The molecule has 1 aromatic rings. The Morgan fingerprint density at radius 3 is 3.00 bits per heavy atom. The summed E-state index contributed by atoms with van der Waals surface area (Å²) in [7, 11) is -2.99. The van der Waals surface area contributed by atoms with Gasteiger partial charge in [-0.1, -0.05) is 11.6 Å². The van der Waals surface area contributed by atoms with Gasteiger partial charge in [0.15, 0.2) is 9.84 Å².